The zero-order valence-electron chi connectivity index (χ0n) is 9.31. The minimum Gasteiger partial charge on any atom is -0.391 e. The molecule has 0 aliphatic heterocycles. The normalized spacial score (nSPS) is 10.0. The lowest BCUT2D eigenvalue weighted by molar-refractivity contribution is 0.598. The molecule has 0 fully saturated rings. The summed E-state index contributed by atoms with van der Waals surface area (Å²) in [5, 5.41) is 3.25. The van der Waals surface area contributed by atoms with Crippen molar-refractivity contribution in [1.29, 1.82) is 0 Å². The highest BCUT2D eigenvalue weighted by molar-refractivity contribution is 4.73. The van der Waals surface area contributed by atoms with Gasteiger partial charge < -0.3 is 11.5 Å². The van der Waals surface area contributed by atoms with Crippen LogP contribution in [0.15, 0.2) is 12.3 Å². The Morgan fingerprint density at radius 3 is 2.23 bits per heavy atom. The van der Waals surface area contributed by atoms with Gasteiger partial charge in [0.05, 0.1) is 0 Å². The van der Waals surface area contributed by atoms with E-state index in [4.69, 9.17) is 0 Å². The largest absolute Gasteiger partial charge is 0.391 e. The van der Waals surface area contributed by atoms with Gasteiger partial charge in [-0.25, -0.2) is 0 Å². The molecular formula is C11H26N2. The summed E-state index contributed by atoms with van der Waals surface area (Å²) in [6, 6.07) is 0. The van der Waals surface area contributed by atoms with Gasteiger partial charge >= 0.3 is 0 Å². The van der Waals surface area contributed by atoms with E-state index in [2.05, 4.69) is 12.2 Å². The van der Waals surface area contributed by atoms with Crippen LogP contribution < -0.4 is 11.5 Å². The molecule has 0 rings (SSSR count). The van der Waals surface area contributed by atoms with Gasteiger partial charge in [0, 0.05) is 6.54 Å². The molecule has 80 valence electrons. The van der Waals surface area contributed by atoms with Crippen LogP contribution in [0, 0.1) is 0 Å². The van der Waals surface area contributed by atoms with Crippen molar-refractivity contribution < 1.29 is 0 Å². The first-order chi connectivity index (χ1) is 5.91. The van der Waals surface area contributed by atoms with Gasteiger partial charge in [-0.2, -0.15) is 0 Å². The summed E-state index contributed by atoms with van der Waals surface area (Å²) in [4.78, 5) is 0. The molecule has 0 aromatic rings. The Balaban J connectivity index is 0. The van der Waals surface area contributed by atoms with E-state index in [1.807, 2.05) is 19.2 Å². The van der Waals surface area contributed by atoms with Crippen LogP contribution >= 0.6 is 0 Å². The maximum atomic E-state index is 3.25. The molecule has 4 N–H and O–H groups in total. The van der Waals surface area contributed by atoms with Crippen molar-refractivity contribution in [2.45, 2.75) is 52.4 Å². The monoisotopic (exact) mass is 186 g/mol. The third kappa shape index (κ3) is 14.4. The number of allylic oxidation sites excluding steroid dienone is 1. The van der Waals surface area contributed by atoms with Crippen LogP contribution in [0.2, 0.25) is 0 Å². The first-order valence-electron chi connectivity index (χ1n) is 5.26. The van der Waals surface area contributed by atoms with Gasteiger partial charge in [0.2, 0.25) is 0 Å². The van der Waals surface area contributed by atoms with Crippen molar-refractivity contribution in [1.82, 2.24) is 11.5 Å². The van der Waals surface area contributed by atoms with E-state index in [9.17, 15) is 0 Å². The SMILES string of the molecule is C/C=C/NCCCCCCCC.N. The topological polar surface area (TPSA) is 47.0 Å². The van der Waals surface area contributed by atoms with Crippen molar-refractivity contribution >= 4 is 0 Å². The van der Waals surface area contributed by atoms with Crippen LogP contribution in [0.5, 0.6) is 0 Å². The van der Waals surface area contributed by atoms with Gasteiger partial charge in [0.1, 0.15) is 0 Å². The summed E-state index contributed by atoms with van der Waals surface area (Å²) in [7, 11) is 0. The second-order valence-electron chi connectivity index (χ2n) is 3.22. The molecule has 0 heterocycles. The zero-order valence-corrected chi connectivity index (χ0v) is 9.31. The molecule has 0 aromatic heterocycles. The van der Waals surface area contributed by atoms with Gasteiger partial charge in [-0.1, -0.05) is 45.1 Å². The fourth-order valence-corrected chi connectivity index (χ4v) is 1.21. The highest BCUT2D eigenvalue weighted by atomic mass is 14.8. The van der Waals surface area contributed by atoms with Crippen molar-refractivity contribution in [2.24, 2.45) is 0 Å². The average molecular weight is 186 g/mol. The van der Waals surface area contributed by atoms with Gasteiger partial charge in [0.15, 0.2) is 0 Å². The molecule has 0 saturated carbocycles. The number of unbranched alkanes of at least 4 members (excludes halogenated alkanes) is 5. The lowest BCUT2D eigenvalue weighted by Crippen LogP contribution is -2.05. The van der Waals surface area contributed by atoms with Gasteiger partial charge in [-0.15, -0.1) is 0 Å². The average Bonchev–Trinajstić information content (AvgIpc) is 2.10. The lowest BCUT2D eigenvalue weighted by Gasteiger charge is -2.00. The summed E-state index contributed by atoms with van der Waals surface area (Å²) >= 11 is 0. The van der Waals surface area contributed by atoms with Crippen LogP contribution in [-0.2, 0) is 0 Å². The summed E-state index contributed by atoms with van der Waals surface area (Å²) in [5.74, 6) is 0. The summed E-state index contributed by atoms with van der Waals surface area (Å²) < 4.78 is 0. The first kappa shape index (κ1) is 15.0. The standard InChI is InChI=1S/C11H23N.H3N/c1-3-5-6-7-8-9-11-12-10-4-2;/h4,10,12H,3,5-9,11H2,1-2H3;1H3/b10-4+;. The van der Waals surface area contributed by atoms with Crippen LogP contribution in [-0.4, -0.2) is 6.54 Å². The van der Waals surface area contributed by atoms with Crippen LogP contribution in [0.25, 0.3) is 0 Å². The predicted molar refractivity (Wildman–Crippen MR) is 61.2 cm³/mol. The fourth-order valence-electron chi connectivity index (χ4n) is 1.21. The highest BCUT2D eigenvalue weighted by Gasteiger charge is 1.87. The molecule has 0 aliphatic rings. The highest BCUT2D eigenvalue weighted by Crippen LogP contribution is 2.03. The Bertz CT molecular complexity index is 100. The minimum absolute atomic E-state index is 0. The van der Waals surface area contributed by atoms with Gasteiger partial charge in [0.25, 0.3) is 0 Å². The van der Waals surface area contributed by atoms with Crippen LogP contribution in [0.3, 0.4) is 0 Å². The molecule has 0 radical (unpaired) electrons. The Kier molecular flexibility index (Phi) is 16.2. The van der Waals surface area contributed by atoms with Gasteiger partial charge in [-0.05, 0) is 19.5 Å². The molecule has 0 aromatic carbocycles. The van der Waals surface area contributed by atoms with E-state index in [1.54, 1.807) is 0 Å². The maximum Gasteiger partial charge on any atom is 0.0141 e. The summed E-state index contributed by atoms with van der Waals surface area (Å²) in [6.07, 6.45) is 12.3. The second kappa shape index (κ2) is 14.0. The maximum absolute atomic E-state index is 3.25. The van der Waals surface area contributed by atoms with E-state index in [1.165, 1.54) is 38.5 Å². The smallest absolute Gasteiger partial charge is 0.0141 e. The summed E-state index contributed by atoms with van der Waals surface area (Å²) in [5.41, 5.74) is 0. The van der Waals surface area contributed by atoms with E-state index in [0.29, 0.717) is 0 Å². The van der Waals surface area contributed by atoms with E-state index < -0.39 is 0 Å². The van der Waals surface area contributed by atoms with Crippen molar-refractivity contribution in [3.8, 4) is 0 Å². The van der Waals surface area contributed by atoms with Gasteiger partial charge in [-0.3, -0.25) is 0 Å². The molecule has 0 aliphatic carbocycles. The molecule has 0 atom stereocenters. The van der Waals surface area contributed by atoms with E-state index in [0.717, 1.165) is 6.54 Å². The number of hydrogen-bond acceptors (Lipinski definition) is 2. The Morgan fingerprint density at radius 1 is 1.00 bits per heavy atom. The molecule has 0 saturated heterocycles. The number of rotatable bonds is 8. The molecular weight excluding hydrogens is 160 g/mol. The molecule has 0 bridgehead atoms. The summed E-state index contributed by atoms with van der Waals surface area (Å²) in [6.45, 7) is 5.43. The first-order valence-corrected chi connectivity index (χ1v) is 5.26. The zero-order chi connectivity index (χ0) is 9.07. The van der Waals surface area contributed by atoms with E-state index in [-0.39, 0.29) is 6.15 Å². The van der Waals surface area contributed by atoms with Crippen molar-refractivity contribution in [2.75, 3.05) is 6.54 Å². The molecule has 0 unspecified atom stereocenters. The molecule has 0 amide bonds. The molecule has 0 spiro atoms. The third-order valence-electron chi connectivity index (χ3n) is 1.96. The fraction of sp³-hybridized carbons (Fsp3) is 0.818. The van der Waals surface area contributed by atoms with Crippen LogP contribution in [0.4, 0.5) is 0 Å². The Hall–Kier alpha value is -0.500. The van der Waals surface area contributed by atoms with Crippen LogP contribution in [0.1, 0.15) is 52.4 Å². The minimum atomic E-state index is 0. The third-order valence-corrected chi connectivity index (χ3v) is 1.96. The second-order valence-corrected chi connectivity index (χ2v) is 3.22. The number of nitrogens with one attached hydrogen (secondary N) is 1. The Morgan fingerprint density at radius 2 is 1.62 bits per heavy atom. The van der Waals surface area contributed by atoms with E-state index >= 15 is 0 Å². The Labute approximate surface area is 83.4 Å². The molecule has 2 nitrogen and oxygen atoms in total. The molecule has 2 heteroatoms. The lowest BCUT2D eigenvalue weighted by atomic mass is 10.1. The number of hydrogen-bond donors (Lipinski definition) is 2. The quantitative estimate of drug-likeness (QED) is 0.569. The molecule has 13 heavy (non-hydrogen) atoms. The van der Waals surface area contributed by atoms with Crippen molar-refractivity contribution in [3.05, 3.63) is 12.3 Å². The predicted octanol–water partition coefficient (Wildman–Crippen LogP) is 3.63. The van der Waals surface area contributed by atoms with Crippen molar-refractivity contribution in [3.63, 3.8) is 0 Å².